The van der Waals surface area contributed by atoms with Crippen LogP contribution >= 0.6 is 0 Å². The Labute approximate surface area is 113 Å². The third kappa shape index (κ3) is 5.25. The van der Waals surface area contributed by atoms with Gasteiger partial charge in [0.1, 0.15) is 0 Å². The minimum Gasteiger partial charge on any atom is -0.395 e. The fourth-order valence-corrected chi connectivity index (χ4v) is 3.04. The highest BCUT2D eigenvalue weighted by molar-refractivity contribution is 4.82. The van der Waals surface area contributed by atoms with Gasteiger partial charge < -0.3 is 15.3 Å². The van der Waals surface area contributed by atoms with Crippen LogP contribution in [-0.4, -0.2) is 48.3 Å². The first-order valence-electron chi connectivity index (χ1n) is 7.66. The van der Waals surface area contributed by atoms with Crippen molar-refractivity contribution in [2.45, 2.75) is 59.0 Å². The minimum atomic E-state index is 0.260. The van der Waals surface area contributed by atoms with Crippen molar-refractivity contribution in [1.82, 2.24) is 10.2 Å². The molecule has 1 aliphatic heterocycles. The largest absolute Gasteiger partial charge is 0.395 e. The summed E-state index contributed by atoms with van der Waals surface area (Å²) in [7, 11) is 0. The molecule has 3 heteroatoms. The summed E-state index contributed by atoms with van der Waals surface area (Å²) in [5, 5.41) is 13.1. The van der Waals surface area contributed by atoms with Crippen LogP contribution in [0.2, 0.25) is 0 Å². The van der Waals surface area contributed by atoms with Gasteiger partial charge in [-0.25, -0.2) is 0 Å². The summed E-state index contributed by atoms with van der Waals surface area (Å²) < 4.78 is 0. The highest BCUT2D eigenvalue weighted by Gasteiger charge is 2.24. The predicted molar refractivity (Wildman–Crippen MR) is 77.8 cm³/mol. The van der Waals surface area contributed by atoms with Gasteiger partial charge in [-0.05, 0) is 57.7 Å². The van der Waals surface area contributed by atoms with Gasteiger partial charge >= 0.3 is 0 Å². The van der Waals surface area contributed by atoms with Crippen molar-refractivity contribution < 1.29 is 5.11 Å². The molecule has 1 rings (SSSR count). The van der Waals surface area contributed by atoms with Gasteiger partial charge in [-0.15, -0.1) is 0 Å². The van der Waals surface area contributed by atoms with Crippen molar-refractivity contribution in [2.24, 2.45) is 11.8 Å². The Bertz CT molecular complexity index is 213. The van der Waals surface area contributed by atoms with Crippen LogP contribution in [0.25, 0.3) is 0 Å². The zero-order valence-electron chi connectivity index (χ0n) is 12.7. The fraction of sp³-hybridized carbons (Fsp3) is 1.00. The molecule has 0 bridgehead atoms. The highest BCUT2D eigenvalue weighted by Crippen LogP contribution is 2.21. The number of rotatable bonds is 7. The zero-order chi connectivity index (χ0) is 13.5. The van der Waals surface area contributed by atoms with Crippen LogP contribution in [0.15, 0.2) is 0 Å². The van der Waals surface area contributed by atoms with Crippen LogP contribution in [0.4, 0.5) is 0 Å². The fourth-order valence-electron chi connectivity index (χ4n) is 3.04. The Morgan fingerprint density at radius 2 is 1.83 bits per heavy atom. The standard InChI is InChI=1S/C15H32N2O/c1-5-17-8-6-14(7-9-17)13(4)16-15(11-18)10-12(2)3/h12-16,18H,5-11H2,1-4H3. The second kappa shape index (κ2) is 8.13. The summed E-state index contributed by atoms with van der Waals surface area (Å²) >= 11 is 0. The van der Waals surface area contributed by atoms with Gasteiger partial charge in [0.05, 0.1) is 6.61 Å². The molecule has 0 saturated carbocycles. The lowest BCUT2D eigenvalue weighted by Crippen LogP contribution is -2.46. The Balaban J connectivity index is 2.33. The first-order chi connectivity index (χ1) is 8.56. The van der Waals surface area contributed by atoms with Crippen LogP contribution < -0.4 is 5.32 Å². The maximum absolute atomic E-state index is 9.43. The third-order valence-corrected chi connectivity index (χ3v) is 4.26. The summed E-state index contributed by atoms with van der Waals surface area (Å²) in [4.78, 5) is 2.53. The van der Waals surface area contributed by atoms with Gasteiger partial charge in [0.2, 0.25) is 0 Å². The maximum atomic E-state index is 9.43. The first kappa shape index (κ1) is 15.9. The molecule has 1 saturated heterocycles. The number of likely N-dealkylation sites (tertiary alicyclic amines) is 1. The van der Waals surface area contributed by atoms with Crippen molar-refractivity contribution in [2.75, 3.05) is 26.2 Å². The van der Waals surface area contributed by atoms with Gasteiger partial charge in [0.15, 0.2) is 0 Å². The molecule has 1 fully saturated rings. The molecule has 0 aliphatic carbocycles. The number of nitrogens with one attached hydrogen (secondary N) is 1. The number of hydrogen-bond acceptors (Lipinski definition) is 3. The highest BCUT2D eigenvalue weighted by atomic mass is 16.3. The van der Waals surface area contributed by atoms with E-state index < -0.39 is 0 Å². The Morgan fingerprint density at radius 1 is 1.22 bits per heavy atom. The van der Waals surface area contributed by atoms with E-state index in [2.05, 4.69) is 37.9 Å². The molecule has 0 aromatic rings. The number of aliphatic hydroxyl groups excluding tert-OH is 1. The summed E-state index contributed by atoms with van der Waals surface area (Å²) in [5.41, 5.74) is 0. The van der Waals surface area contributed by atoms with E-state index in [1.54, 1.807) is 0 Å². The average molecular weight is 256 g/mol. The molecule has 0 aromatic heterocycles. The average Bonchev–Trinajstić information content (AvgIpc) is 2.37. The van der Waals surface area contributed by atoms with Gasteiger partial charge in [0.25, 0.3) is 0 Å². The first-order valence-corrected chi connectivity index (χ1v) is 7.66. The van der Waals surface area contributed by atoms with Crippen molar-refractivity contribution in [3.8, 4) is 0 Å². The van der Waals surface area contributed by atoms with Crippen LogP contribution in [0.5, 0.6) is 0 Å². The number of nitrogens with zero attached hydrogens (tertiary/aromatic N) is 1. The lowest BCUT2D eigenvalue weighted by Gasteiger charge is -2.36. The molecular weight excluding hydrogens is 224 g/mol. The van der Waals surface area contributed by atoms with Gasteiger partial charge in [-0.1, -0.05) is 20.8 Å². The number of hydrogen-bond donors (Lipinski definition) is 2. The lowest BCUT2D eigenvalue weighted by atomic mass is 9.89. The van der Waals surface area contributed by atoms with Gasteiger partial charge in [0, 0.05) is 12.1 Å². The molecule has 1 heterocycles. The van der Waals surface area contributed by atoms with Crippen LogP contribution in [0.1, 0.15) is 47.0 Å². The van der Waals surface area contributed by atoms with E-state index in [9.17, 15) is 5.11 Å². The van der Waals surface area contributed by atoms with Crippen molar-refractivity contribution in [1.29, 1.82) is 0 Å². The van der Waals surface area contributed by atoms with Crippen LogP contribution in [0, 0.1) is 11.8 Å². The third-order valence-electron chi connectivity index (χ3n) is 4.26. The molecule has 18 heavy (non-hydrogen) atoms. The lowest BCUT2D eigenvalue weighted by molar-refractivity contribution is 0.148. The SMILES string of the molecule is CCN1CCC(C(C)NC(CO)CC(C)C)CC1. The van der Waals surface area contributed by atoms with E-state index >= 15 is 0 Å². The van der Waals surface area contributed by atoms with E-state index in [4.69, 9.17) is 0 Å². The molecule has 2 unspecified atom stereocenters. The second-order valence-electron chi connectivity index (χ2n) is 6.24. The van der Waals surface area contributed by atoms with Crippen molar-refractivity contribution >= 4 is 0 Å². The molecule has 0 spiro atoms. The van der Waals surface area contributed by atoms with Crippen LogP contribution in [0.3, 0.4) is 0 Å². The molecule has 0 radical (unpaired) electrons. The molecule has 2 N–H and O–H groups in total. The monoisotopic (exact) mass is 256 g/mol. The predicted octanol–water partition coefficient (Wildman–Crippen LogP) is 2.10. The smallest absolute Gasteiger partial charge is 0.0584 e. The maximum Gasteiger partial charge on any atom is 0.0584 e. The van der Waals surface area contributed by atoms with Crippen molar-refractivity contribution in [3.63, 3.8) is 0 Å². The van der Waals surface area contributed by atoms with Crippen LogP contribution in [-0.2, 0) is 0 Å². The van der Waals surface area contributed by atoms with E-state index in [-0.39, 0.29) is 12.6 Å². The summed E-state index contributed by atoms with van der Waals surface area (Å²) in [6.07, 6.45) is 3.65. The second-order valence-corrected chi connectivity index (χ2v) is 6.24. The Kier molecular flexibility index (Phi) is 7.20. The number of piperidine rings is 1. The molecule has 108 valence electrons. The summed E-state index contributed by atoms with van der Waals surface area (Å²) in [5.74, 6) is 1.41. The van der Waals surface area contributed by atoms with E-state index in [0.29, 0.717) is 12.0 Å². The molecule has 3 nitrogen and oxygen atoms in total. The van der Waals surface area contributed by atoms with E-state index in [1.165, 1.54) is 32.5 Å². The molecule has 2 atom stereocenters. The van der Waals surface area contributed by atoms with Crippen molar-refractivity contribution in [3.05, 3.63) is 0 Å². The Hall–Kier alpha value is -0.120. The van der Waals surface area contributed by atoms with E-state index in [1.807, 2.05) is 0 Å². The summed E-state index contributed by atoms with van der Waals surface area (Å²) in [6, 6.07) is 0.795. The topological polar surface area (TPSA) is 35.5 Å². The zero-order valence-corrected chi connectivity index (χ0v) is 12.7. The van der Waals surface area contributed by atoms with Gasteiger partial charge in [-0.3, -0.25) is 0 Å². The molecule has 0 amide bonds. The summed E-state index contributed by atoms with van der Waals surface area (Å²) in [6.45, 7) is 12.9. The normalized spacial score (nSPS) is 22.3. The quantitative estimate of drug-likeness (QED) is 0.732. The van der Waals surface area contributed by atoms with Gasteiger partial charge in [-0.2, -0.15) is 0 Å². The molecular formula is C15H32N2O. The molecule has 1 aliphatic rings. The minimum absolute atomic E-state index is 0.260. The Morgan fingerprint density at radius 3 is 2.28 bits per heavy atom. The number of aliphatic hydroxyl groups is 1. The molecule has 0 aromatic carbocycles. The van der Waals surface area contributed by atoms with E-state index in [0.717, 1.165) is 12.3 Å².